The quantitative estimate of drug-likeness (QED) is 0.383. The van der Waals surface area contributed by atoms with E-state index in [0.717, 1.165) is 27.4 Å². The molecule has 4 rings (SSSR count). The van der Waals surface area contributed by atoms with E-state index < -0.39 is 10.0 Å². The van der Waals surface area contributed by atoms with Crippen LogP contribution in [0.2, 0.25) is 0 Å². The Balaban J connectivity index is 1.86. The third kappa shape index (κ3) is 3.40. The van der Waals surface area contributed by atoms with E-state index in [1.165, 1.54) is 9.54 Å². The van der Waals surface area contributed by atoms with Gasteiger partial charge in [-0.3, -0.25) is 0 Å². The summed E-state index contributed by atoms with van der Waals surface area (Å²) in [6.07, 6.45) is 3.42. The minimum atomic E-state index is -3.67. The molecule has 0 atom stereocenters. The van der Waals surface area contributed by atoms with Crippen LogP contribution in [-0.4, -0.2) is 12.4 Å². The van der Waals surface area contributed by atoms with Crippen molar-refractivity contribution in [2.24, 2.45) is 0 Å². The van der Waals surface area contributed by atoms with Gasteiger partial charge < -0.3 is 0 Å². The monoisotopic (exact) mass is 453 g/mol. The third-order valence-electron chi connectivity index (χ3n) is 4.95. The van der Waals surface area contributed by atoms with Crippen molar-refractivity contribution < 1.29 is 8.42 Å². The molecule has 0 unspecified atom stereocenters. The molecule has 0 amide bonds. The molecule has 0 radical (unpaired) electrons. The van der Waals surface area contributed by atoms with Gasteiger partial charge in [-0.1, -0.05) is 71.4 Å². The van der Waals surface area contributed by atoms with Crippen molar-refractivity contribution >= 4 is 36.9 Å². The molecule has 0 aliphatic rings. The van der Waals surface area contributed by atoms with Crippen molar-refractivity contribution in [2.45, 2.75) is 24.7 Å². The van der Waals surface area contributed by atoms with Gasteiger partial charge in [-0.05, 0) is 53.8 Å². The van der Waals surface area contributed by atoms with E-state index in [-0.39, 0.29) is 4.90 Å². The zero-order valence-electron chi connectivity index (χ0n) is 15.5. The minimum Gasteiger partial charge on any atom is -0.241 e. The van der Waals surface area contributed by atoms with Crippen molar-refractivity contribution in [3.05, 3.63) is 100 Å². The Morgan fingerprint density at radius 1 is 0.857 bits per heavy atom. The van der Waals surface area contributed by atoms with E-state index in [0.29, 0.717) is 11.9 Å². The SMILES string of the molecule is CCc1ccc(Cc2cn(S(=O)(=O)c3ccccc3)c3cccc(Br)c23)cc1. The lowest BCUT2D eigenvalue weighted by Gasteiger charge is -2.07. The van der Waals surface area contributed by atoms with Gasteiger partial charge >= 0.3 is 0 Å². The first-order valence-electron chi connectivity index (χ1n) is 9.17. The van der Waals surface area contributed by atoms with Gasteiger partial charge in [0.2, 0.25) is 0 Å². The number of hydrogen-bond donors (Lipinski definition) is 0. The molecule has 5 heteroatoms. The lowest BCUT2D eigenvalue weighted by Crippen LogP contribution is -2.11. The summed E-state index contributed by atoms with van der Waals surface area (Å²) in [5, 5.41) is 0.932. The summed E-state index contributed by atoms with van der Waals surface area (Å²) < 4.78 is 28.8. The van der Waals surface area contributed by atoms with Crippen LogP contribution in [0.5, 0.6) is 0 Å². The second kappa shape index (κ2) is 7.57. The maximum absolute atomic E-state index is 13.3. The first-order valence-corrected chi connectivity index (χ1v) is 11.4. The van der Waals surface area contributed by atoms with Gasteiger partial charge in [-0.25, -0.2) is 12.4 Å². The van der Waals surface area contributed by atoms with E-state index >= 15 is 0 Å². The van der Waals surface area contributed by atoms with Gasteiger partial charge in [0.15, 0.2) is 0 Å². The van der Waals surface area contributed by atoms with Gasteiger partial charge in [0.25, 0.3) is 10.0 Å². The predicted octanol–water partition coefficient (Wildman–Crippen LogP) is 5.79. The fourth-order valence-corrected chi connectivity index (χ4v) is 5.46. The zero-order valence-corrected chi connectivity index (χ0v) is 17.9. The highest BCUT2D eigenvalue weighted by atomic mass is 79.9. The van der Waals surface area contributed by atoms with Crippen LogP contribution in [0.4, 0.5) is 0 Å². The molecular formula is C23H20BrNO2S. The van der Waals surface area contributed by atoms with Crippen molar-refractivity contribution in [3.63, 3.8) is 0 Å². The lowest BCUT2D eigenvalue weighted by molar-refractivity contribution is 0.589. The molecule has 4 aromatic rings. The van der Waals surface area contributed by atoms with Crippen molar-refractivity contribution in [3.8, 4) is 0 Å². The van der Waals surface area contributed by atoms with Crippen LogP contribution < -0.4 is 0 Å². The van der Waals surface area contributed by atoms with E-state index in [4.69, 9.17) is 0 Å². The molecule has 0 N–H and O–H groups in total. The summed E-state index contributed by atoms with van der Waals surface area (Å²) in [7, 11) is -3.67. The average molecular weight is 454 g/mol. The Morgan fingerprint density at radius 3 is 2.21 bits per heavy atom. The van der Waals surface area contributed by atoms with Gasteiger partial charge in [0.1, 0.15) is 0 Å². The summed E-state index contributed by atoms with van der Waals surface area (Å²) in [4.78, 5) is 0.283. The Hall–Kier alpha value is -2.37. The van der Waals surface area contributed by atoms with Crippen molar-refractivity contribution in [1.29, 1.82) is 0 Å². The number of rotatable bonds is 5. The molecule has 3 nitrogen and oxygen atoms in total. The highest BCUT2D eigenvalue weighted by Gasteiger charge is 2.22. The first-order chi connectivity index (χ1) is 13.5. The van der Waals surface area contributed by atoms with E-state index in [9.17, 15) is 8.42 Å². The molecule has 0 saturated heterocycles. The number of fused-ring (bicyclic) bond motifs is 1. The molecule has 0 aliphatic heterocycles. The Labute approximate surface area is 173 Å². The second-order valence-electron chi connectivity index (χ2n) is 6.75. The number of aromatic nitrogens is 1. The highest BCUT2D eigenvalue weighted by Crippen LogP contribution is 2.33. The minimum absolute atomic E-state index is 0.283. The fourth-order valence-electron chi connectivity index (χ4n) is 3.44. The van der Waals surface area contributed by atoms with Crippen molar-refractivity contribution in [1.82, 2.24) is 3.97 Å². The van der Waals surface area contributed by atoms with Gasteiger partial charge in [-0.15, -0.1) is 0 Å². The first kappa shape index (κ1) is 19.0. The van der Waals surface area contributed by atoms with Crippen LogP contribution in [0.3, 0.4) is 0 Å². The zero-order chi connectivity index (χ0) is 19.7. The summed E-state index contributed by atoms with van der Waals surface area (Å²) in [5.41, 5.74) is 4.10. The normalized spacial score (nSPS) is 11.8. The number of halogens is 1. The molecule has 0 fully saturated rings. The molecule has 0 bridgehead atoms. The standard InChI is InChI=1S/C23H20BrNO2S/c1-2-17-11-13-18(14-12-17)15-19-16-25(22-10-6-9-21(24)23(19)22)28(26,27)20-7-4-3-5-8-20/h3-14,16H,2,15H2,1H3. The van der Waals surface area contributed by atoms with Crippen LogP contribution in [-0.2, 0) is 22.9 Å². The van der Waals surface area contributed by atoms with Gasteiger partial charge in [0.05, 0.1) is 10.4 Å². The molecule has 1 aromatic heterocycles. The van der Waals surface area contributed by atoms with Gasteiger partial charge in [-0.2, -0.15) is 0 Å². The summed E-state index contributed by atoms with van der Waals surface area (Å²) in [6.45, 7) is 2.13. The topological polar surface area (TPSA) is 39.1 Å². The summed E-state index contributed by atoms with van der Waals surface area (Å²) >= 11 is 3.61. The van der Waals surface area contributed by atoms with E-state index in [2.05, 4.69) is 47.1 Å². The molecular weight excluding hydrogens is 434 g/mol. The maximum Gasteiger partial charge on any atom is 0.268 e. The Kier molecular flexibility index (Phi) is 5.13. The molecule has 0 saturated carbocycles. The molecule has 142 valence electrons. The molecule has 3 aromatic carbocycles. The smallest absolute Gasteiger partial charge is 0.241 e. The maximum atomic E-state index is 13.3. The van der Waals surface area contributed by atoms with Gasteiger partial charge in [0, 0.05) is 16.1 Å². The van der Waals surface area contributed by atoms with E-state index in [1.54, 1.807) is 30.5 Å². The van der Waals surface area contributed by atoms with Crippen LogP contribution >= 0.6 is 15.9 Å². The van der Waals surface area contributed by atoms with Crippen LogP contribution in [0.25, 0.3) is 10.9 Å². The number of aryl methyl sites for hydroxylation is 1. The van der Waals surface area contributed by atoms with Crippen LogP contribution in [0.15, 0.2) is 88.4 Å². The largest absolute Gasteiger partial charge is 0.268 e. The predicted molar refractivity (Wildman–Crippen MR) is 117 cm³/mol. The molecule has 28 heavy (non-hydrogen) atoms. The highest BCUT2D eigenvalue weighted by molar-refractivity contribution is 9.10. The summed E-state index contributed by atoms with van der Waals surface area (Å²) in [5.74, 6) is 0. The molecule has 1 heterocycles. The Morgan fingerprint density at radius 2 is 1.54 bits per heavy atom. The number of hydrogen-bond acceptors (Lipinski definition) is 2. The second-order valence-corrected chi connectivity index (χ2v) is 9.42. The van der Waals surface area contributed by atoms with E-state index in [1.807, 2.05) is 24.3 Å². The molecule has 0 aliphatic carbocycles. The van der Waals surface area contributed by atoms with Crippen LogP contribution in [0.1, 0.15) is 23.6 Å². The van der Waals surface area contributed by atoms with Crippen LogP contribution in [0, 0.1) is 0 Å². The lowest BCUT2D eigenvalue weighted by atomic mass is 10.0. The number of benzene rings is 3. The fraction of sp³-hybridized carbons (Fsp3) is 0.130. The molecule has 0 spiro atoms. The Bertz CT molecular complexity index is 1230. The third-order valence-corrected chi connectivity index (χ3v) is 7.30. The number of nitrogens with zero attached hydrogens (tertiary/aromatic N) is 1. The summed E-state index contributed by atoms with van der Waals surface area (Å²) in [6, 6.07) is 22.7. The van der Waals surface area contributed by atoms with Crippen molar-refractivity contribution in [2.75, 3.05) is 0 Å². The average Bonchev–Trinajstić information content (AvgIpc) is 3.10.